The number of nitrogens with zero attached hydrogens (tertiary/aromatic N) is 3. The molecule has 2 aromatic heterocycles. The number of aromatic nitrogens is 3. The molecule has 0 atom stereocenters. The molecule has 0 radical (unpaired) electrons. The van der Waals surface area contributed by atoms with Gasteiger partial charge in [0.25, 0.3) is 5.89 Å². The lowest BCUT2D eigenvalue weighted by molar-refractivity contribution is -0.136. The van der Waals surface area contributed by atoms with E-state index in [1.807, 2.05) is 26.0 Å². The van der Waals surface area contributed by atoms with Gasteiger partial charge in [-0.2, -0.15) is 18.2 Å². The zero-order valence-corrected chi connectivity index (χ0v) is 14.9. The summed E-state index contributed by atoms with van der Waals surface area (Å²) >= 11 is 0. The molecule has 4 rings (SSSR count). The molecule has 142 valence electrons. The molecule has 2 heterocycles. The minimum absolute atomic E-state index is 0.170. The molecule has 0 fully saturated rings. The molecule has 28 heavy (non-hydrogen) atoms. The van der Waals surface area contributed by atoms with Crippen LogP contribution in [0.25, 0.3) is 34.3 Å². The topological polar surface area (TPSA) is 65.0 Å². The molecule has 0 saturated heterocycles. The standard InChI is InChI=1S/C20H14F3N3O2/c1-11-8-9-14(10-12(11)2)18-24-19(28-26-18)17-15(20(21,22)23)16(25-27-17)13-6-4-3-5-7-13/h3-10H,1-2H3. The Labute approximate surface area is 157 Å². The van der Waals surface area contributed by atoms with Gasteiger partial charge in [-0.15, -0.1) is 0 Å². The summed E-state index contributed by atoms with van der Waals surface area (Å²) in [5.74, 6) is -0.812. The molecule has 2 aromatic carbocycles. The Hall–Kier alpha value is -3.42. The van der Waals surface area contributed by atoms with E-state index in [0.29, 0.717) is 5.56 Å². The summed E-state index contributed by atoms with van der Waals surface area (Å²) < 4.78 is 51.3. The third kappa shape index (κ3) is 3.17. The third-order valence-electron chi connectivity index (χ3n) is 4.41. The summed E-state index contributed by atoms with van der Waals surface area (Å²) in [5.41, 5.74) is 1.62. The predicted molar refractivity (Wildman–Crippen MR) is 95.1 cm³/mol. The van der Waals surface area contributed by atoms with E-state index in [-0.39, 0.29) is 23.0 Å². The summed E-state index contributed by atoms with van der Waals surface area (Å²) in [7, 11) is 0. The molecule has 0 aliphatic carbocycles. The van der Waals surface area contributed by atoms with Crippen LogP contribution in [0.5, 0.6) is 0 Å². The van der Waals surface area contributed by atoms with Gasteiger partial charge in [-0.25, -0.2) is 0 Å². The van der Waals surface area contributed by atoms with Crippen molar-refractivity contribution in [2.24, 2.45) is 0 Å². The SMILES string of the molecule is Cc1ccc(-c2noc(-c3onc(-c4ccccc4)c3C(F)(F)F)n2)cc1C. The van der Waals surface area contributed by atoms with E-state index in [4.69, 9.17) is 9.05 Å². The molecule has 5 nitrogen and oxygen atoms in total. The largest absolute Gasteiger partial charge is 0.422 e. The van der Waals surface area contributed by atoms with E-state index in [1.54, 1.807) is 24.3 Å². The third-order valence-corrected chi connectivity index (χ3v) is 4.41. The fraction of sp³-hybridized carbons (Fsp3) is 0.150. The zero-order valence-electron chi connectivity index (χ0n) is 14.9. The number of alkyl halides is 3. The minimum Gasteiger partial charge on any atom is -0.350 e. The van der Waals surface area contributed by atoms with Crippen LogP contribution in [0.2, 0.25) is 0 Å². The van der Waals surface area contributed by atoms with E-state index in [2.05, 4.69) is 15.3 Å². The first-order valence-corrected chi connectivity index (χ1v) is 8.38. The maximum absolute atomic E-state index is 13.8. The van der Waals surface area contributed by atoms with Crippen LogP contribution < -0.4 is 0 Å². The van der Waals surface area contributed by atoms with Crippen LogP contribution in [0.1, 0.15) is 16.7 Å². The summed E-state index contributed by atoms with van der Waals surface area (Å²) in [4.78, 5) is 4.09. The van der Waals surface area contributed by atoms with Crippen molar-refractivity contribution in [3.8, 4) is 34.3 Å². The van der Waals surface area contributed by atoms with Crippen LogP contribution in [0.4, 0.5) is 13.2 Å². The number of benzene rings is 2. The Morgan fingerprint density at radius 2 is 1.57 bits per heavy atom. The van der Waals surface area contributed by atoms with Crippen molar-refractivity contribution in [3.05, 3.63) is 65.2 Å². The number of hydrogen-bond acceptors (Lipinski definition) is 5. The van der Waals surface area contributed by atoms with Crippen LogP contribution in [-0.2, 0) is 6.18 Å². The van der Waals surface area contributed by atoms with Crippen LogP contribution in [0.15, 0.2) is 57.6 Å². The summed E-state index contributed by atoms with van der Waals surface area (Å²) in [5, 5.41) is 7.41. The van der Waals surface area contributed by atoms with Gasteiger partial charge in [-0.3, -0.25) is 0 Å². The molecule has 0 N–H and O–H groups in total. The molecule has 0 spiro atoms. The van der Waals surface area contributed by atoms with E-state index >= 15 is 0 Å². The Kier molecular flexibility index (Phi) is 4.26. The number of rotatable bonds is 3. The van der Waals surface area contributed by atoms with Crippen LogP contribution in [0.3, 0.4) is 0 Å². The number of aryl methyl sites for hydroxylation is 2. The van der Waals surface area contributed by atoms with Crippen LogP contribution in [0, 0.1) is 13.8 Å². The highest BCUT2D eigenvalue weighted by molar-refractivity contribution is 5.71. The molecule has 0 amide bonds. The molecule has 4 aromatic rings. The van der Waals surface area contributed by atoms with Crippen molar-refractivity contribution in [1.29, 1.82) is 0 Å². The van der Waals surface area contributed by atoms with Gasteiger partial charge < -0.3 is 9.05 Å². The second kappa shape index (κ2) is 6.63. The molecule has 8 heteroatoms. The van der Waals surface area contributed by atoms with E-state index in [0.717, 1.165) is 11.1 Å². The highest BCUT2D eigenvalue weighted by atomic mass is 19.4. The maximum atomic E-state index is 13.8. The average Bonchev–Trinajstić information content (AvgIpc) is 3.31. The second-order valence-corrected chi connectivity index (χ2v) is 6.32. The average molecular weight is 385 g/mol. The van der Waals surface area contributed by atoms with Gasteiger partial charge in [0.1, 0.15) is 11.3 Å². The zero-order chi connectivity index (χ0) is 19.9. The lowest BCUT2D eigenvalue weighted by atomic mass is 10.1. The summed E-state index contributed by atoms with van der Waals surface area (Å²) in [6, 6.07) is 13.5. The van der Waals surface area contributed by atoms with Gasteiger partial charge in [-0.1, -0.05) is 52.8 Å². The monoisotopic (exact) mass is 385 g/mol. The van der Waals surface area contributed by atoms with Crippen LogP contribution >= 0.6 is 0 Å². The normalized spacial score (nSPS) is 11.8. The molecular weight excluding hydrogens is 371 g/mol. The highest BCUT2D eigenvalue weighted by Gasteiger charge is 2.42. The first-order chi connectivity index (χ1) is 13.3. The predicted octanol–water partition coefficient (Wildman–Crippen LogP) is 5.69. The molecule has 0 aliphatic heterocycles. The fourth-order valence-electron chi connectivity index (χ4n) is 2.81. The van der Waals surface area contributed by atoms with Crippen LogP contribution in [-0.4, -0.2) is 15.3 Å². The second-order valence-electron chi connectivity index (χ2n) is 6.32. The molecule has 0 aliphatic rings. The number of hydrogen-bond donors (Lipinski definition) is 0. The quantitative estimate of drug-likeness (QED) is 0.453. The van der Waals surface area contributed by atoms with Crippen molar-refractivity contribution in [2.45, 2.75) is 20.0 Å². The van der Waals surface area contributed by atoms with E-state index in [1.165, 1.54) is 12.1 Å². The van der Waals surface area contributed by atoms with Gasteiger partial charge in [0.05, 0.1) is 0 Å². The summed E-state index contributed by atoms with van der Waals surface area (Å²) in [6.07, 6.45) is -4.71. The van der Waals surface area contributed by atoms with Crippen molar-refractivity contribution in [1.82, 2.24) is 15.3 Å². The van der Waals surface area contributed by atoms with Gasteiger partial charge in [0, 0.05) is 11.1 Å². The van der Waals surface area contributed by atoms with Crippen molar-refractivity contribution in [3.63, 3.8) is 0 Å². The summed E-state index contributed by atoms with van der Waals surface area (Å²) in [6.45, 7) is 3.88. The first-order valence-electron chi connectivity index (χ1n) is 8.38. The van der Waals surface area contributed by atoms with Crippen molar-refractivity contribution in [2.75, 3.05) is 0 Å². The molecule has 0 unspecified atom stereocenters. The Morgan fingerprint density at radius 1 is 0.821 bits per heavy atom. The smallest absolute Gasteiger partial charge is 0.350 e. The highest BCUT2D eigenvalue weighted by Crippen LogP contribution is 2.43. The fourth-order valence-corrected chi connectivity index (χ4v) is 2.81. The Bertz CT molecular complexity index is 1130. The lowest BCUT2D eigenvalue weighted by Gasteiger charge is -2.06. The van der Waals surface area contributed by atoms with E-state index < -0.39 is 17.5 Å². The lowest BCUT2D eigenvalue weighted by Crippen LogP contribution is -2.07. The van der Waals surface area contributed by atoms with Crippen molar-refractivity contribution < 1.29 is 22.2 Å². The van der Waals surface area contributed by atoms with Gasteiger partial charge in [-0.05, 0) is 31.0 Å². The number of halogens is 3. The molecular formula is C20H14F3N3O2. The van der Waals surface area contributed by atoms with Gasteiger partial charge >= 0.3 is 6.18 Å². The maximum Gasteiger partial charge on any atom is 0.422 e. The van der Waals surface area contributed by atoms with Crippen molar-refractivity contribution >= 4 is 0 Å². The first kappa shape index (κ1) is 18.0. The Balaban J connectivity index is 1.81. The minimum atomic E-state index is -4.71. The molecule has 0 saturated carbocycles. The van der Waals surface area contributed by atoms with Gasteiger partial charge in [0.2, 0.25) is 11.6 Å². The Morgan fingerprint density at radius 3 is 2.25 bits per heavy atom. The molecule has 0 bridgehead atoms. The van der Waals surface area contributed by atoms with Gasteiger partial charge in [0.15, 0.2) is 0 Å². The van der Waals surface area contributed by atoms with E-state index in [9.17, 15) is 13.2 Å².